The Morgan fingerprint density at radius 2 is 1.33 bits per heavy atom. The summed E-state index contributed by atoms with van der Waals surface area (Å²) in [6.45, 7) is 3.94. The van der Waals surface area contributed by atoms with Gasteiger partial charge >= 0.3 is 0 Å². The highest BCUT2D eigenvalue weighted by molar-refractivity contribution is 6.69. The van der Waals surface area contributed by atoms with Crippen LogP contribution in [0.5, 0.6) is 0 Å². The van der Waals surface area contributed by atoms with Crippen LogP contribution in [0.3, 0.4) is 0 Å². The molecule has 0 aromatic carbocycles. The van der Waals surface area contributed by atoms with Crippen molar-refractivity contribution in [3.63, 3.8) is 0 Å². The number of hydrogen-bond acceptors (Lipinski definition) is 2. The van der Waals surface area contributed by atoms with Crippen molar-refractivity contribution in [3.8, 4) is 0 Å². The van der Waals surface area contributed by atoms with Gasteiger partial charge < -0.3 is 9.59 Å². The fraction of sp³-hybridized carbons (Fsp3) is 1.00. The third kappa shape index (κ3) is 4.83. The van der Waals surface area contributed by atoms with Gasteiger partial charge in [-0.1, -0.05) is 13.8 Å². The first-order valence-electron chi connectivity index (χ1n) is 3.28. The van der Waals surface area contributed by atoms with Gasteiger partial charge in [0, 0.05) is 0 Å². The topological polar surface area (TPSA) is 40.5 Å². The lowest BCUT2D eigenvalue weighted by atomic mass is 11.0. The molecule has 0 aliphatic carbocycles. The minimum atomic E-state index is -1.14. The largest absolute Gasteiger partial charge is 0.432 e. The summed E-state index contributed by atoms with van der Waals surface area (Å²) in [6.07, 6.45) is 0. The lowest BCUT2D eigenvalue weighted by molar-refractivity contribution is 0.552. The predicted octanol–water partition coefficient (Wildman–Crippen LogP) is 0.533. The molecule has 0 spiro atoms. The summed E-state index contributed by atoms with van der Waals surface area (Å²) >= 11 is 0. The maximum absolute atomic E-state index is 9.13. The molecule has 0 aromatic heterocycles. The lowest BCUT2D eigenvalue weighted by Crippen LogP contribution is -2.22. The molecule has 0 aliphatic heterocycles. The molecule has 2 N–H and O–H groups in total. The fourth-order valence-electron chi connectivity index (χ4n) is 0.486. The molecule has 4 heteroatoms. The SMILES string of the molecule is CC[Si](O)C[Si](O)CC. The van der Waals surface area contributed by atoms with E-state index in [1.165, 1.54) is 0 Å². The summed E-state index contributed by atoms with van der Waals surface area (Å²) in [7, 11) is -2.29. The van der Waals surface area contributed by atoms with Gasteiger partial charge in [0.2, 0.25) is 18.1 Å². The van der Waals surface area contributed by atoms with Crippen LogP contribution in [-0.2, 0) is 0 Å². The predicted molar refractivity (Wildman–Crippen MR) is 41.7 cm³/mol. The molecule has 0 amide bonds. The molecule has 0 unspecified atom stereocenters. The van der Waals surface area contributed by atoms with Gasteiger partial charge in [-0.15, -0.1) is 0 Å². The molecule has 0 fully saturated rings. The second-order valence-corrected chi connectivity index (χ2v) is 7.11. The van der Waals surface area contributed by atoms with Crippen molar-refractivity contribution in [1.29, 1.82) is 0 Å². The van der Waals surface area contributed by atoms with Gasteiger partial charge in [0.1, 0.15) is 0 Å². The van der Waals surface area contributed by atoms with Crippen LogP contribution >= 0.6 is 0 Å². The van der Waals surface area contributed by atoms with Gasteiger partial charge in [0.15, 0.2) is 0 Å². The molecular weight excluding hydrogens is 148 g/mol. The zero-order valence-electron chi connectivity index (χ0n) is 6.02. The van der Waals surface area contributed by atoms with Crippen molar-refractivity contribution in [2.45, 2.75) is 31.6 Å². The standard InChI is InChI=1S/C5H14O2Si2/c1-3-8(6)5-9(7)4-2/h6-7H,3-5H2,1-2H3. The lowest BCUT2D eigenvalue weighted by Gasteiger charge is -2.05. The molecule has 0 aliphatic rings. The van der Waals surface area contributed by atoms with Crippen LogP contribution in [-0.4, -0.2) is 27.7 Å². The Morgan fingerprint density at radius 1 is 1.00 bits per heavy atom. The molecule has 0 atom stereocenters. The highest BCUT2D eigenvalue weighted by Gasteiger charge is 2.13. The van der Waals surface area contributed by atoms with Crippen LogP contribution in [0, 0.1) is 0 Å². The normalized spacial score (nSPS) is 11.3. The summed E-state index contributed by atoms with van der Waals surface area (Å²) in [5.74, 6) is 0. The Labute approximate surface area is 60.0 Å². The van der Waals surface area contributed by atoms with E-state index in [2.05, 4.69) is 0 Å². The third-order valence-electron chi connectivity index (χ3n) is 1.22. The van der Waals surface area contributed by atoms with Crippen LogP contribution in [0.15, 0.2) is 0 Å². The van der Waals surface area contributed by atoms with Crippen molar-refractivity contribution >= 4 is 18.1 Å². The Bertz CT molecular complexity index is 62.0. The van der Waals surface area contributed by atoms with Crippen LogP contribution < -0.4 is 0 Å². The summed E-state index contributed by atoms with van der Waals surface area (Å²) in [5.41, 5.74) is 0.725. The number of rotatable bonds is 4. The van der Waals surface area contributed by atoms with Crippen molar-refractivity contribution < 1.29 is 9.59 Å². The van der Waals surface area contributed by atoms with Gasteiger partial charge in [0.25, 0.3) is 0 Å². The summed E-state index contributed by atoms with van der Waals surface area (Å²) in [6, 6.07) is 1.72. The molecule has 54 valence electrons. The summed E-state index contributed by atoms with van der Waals surface area (Å²) in [5, 5.41) is 0. The van der Waals surface area contributed by atoms with E-state index in [9.17, 15) is 0 Å². The maximum Gasteiger partial charge on any atom is 0.205 e. The molecule has 0 saturated carbocycles. The smallest absolute Gasteiger partial charge is 0.205 e. The van der Waals surface area contributed by atoms with Crippen molar-refractivity contribution in [2.75, 3.05) is 0 Å². The molecule has 0 rings (SSSR count). The minimum absolute atomic E-state index is 0.725. The first kappa shape index (κ1) is 9.35. The molecular formula is C5H14O2Si2. The van der Waals surface area contributed by atoms with Crippen molar-refractivity contribution in [1.82, 2.24) is 0 Å². The second-order valence-electron chi connectivity index (χ2n) is 2.02. The first-order chi connectivity index (χ1) is 4.20. The van der Waals surface area contributed by atoms with Crippen LogP contribution in [0.25, 0.3) is 0 Å². The molecule has 0 aromatic rings. The molecule has 0 bridgehead atoms. The van der Waals surface area contributed by atoms with E-state index in [1.54, 1.807) is 0 Å². The van der Waals surface area contributed by atoms with Crippen LogP contribution in [0.4, 0.5) is 0 Å². The fourth-order valence-corrected chi connectivity index (χ4v) is 4.37. The van der Waals surface area contributed by atoms with E-state index in [4.69, 9.17) is 9.59 Å². The average molecular weight is 162 g/mol. The van der Waals surface area contributed by atoms with Crippen molar-refractivity contribution in [3.05, 3.63) is 0 Å². The van der Waals surface area contributed by atoms with Gasteiger partial charge in [-0.25, -0.2) is 0 Å². The van der Waals surface area contributed by atoms with E-state index in [-0.39, 0.29) is 0 Å². The van der Waals surface area contributed by atoms with Crippen molar-refractivity contribution in [2.24, 2.45) is 0 Å². The first-order valence-corrected chi connectivity index (χ1v) is 7.00. The zero-order chi connectivity index (χ0) is 7.28. The summed E-state index contributed by atoms with van der Waals surface area (Å²) < 4.78 is 0. The highest BCUT2D eigenvalue weighted by atomic mass is 28.4. The molecule has 0 saturated heterocycles. The quantitative estimate of drug-likeness (QED) is 0.592. The maximum atomic E-state index is 9.13. The number of hydrogen-bond donors (Lipinski definition) is 2. The van der Waals surface area contributed by atoms with Gasteiger partial charge in [0.05, 0.1) is 0 Å². The van der Waals surface area contributed by atoms with E-state index in [0.29, 0.717) is 0 Å². The second kappa shape index (κ2) is 5.16. The average Bonchev–Trinajstić information content (AvgIpc) is 1.87. The van der Waals surface area contributed by atoms with Crippen LogP contribution in [0.2, 0.25) is 17.8 Å². The van der Waals surface area contributed by atoms with E-state index < -0.39 is 18.1 Å². The molecule has 0 heterocycles. The van der Waals surface area contributed by atoms with Crippen LogP contribution in [0.1, 0.15) is 13.8 Å². The molecule has 9 heavy (non-hydrogen) atoms. The zero-order valence-corrected chi connectivity index (χ0v) is 8.02. The van der Waals surface area contributed by atoms with Gasteiger partial charge in [-0.05, 0) is 17.8 Å². The monoisotopic (exact) mass is 162 g/mol. The van der Waals surface area contributed by atoms with E-state index >= 15 is 0 Å². The summed E-state index contributed by atoms with van der Waals surface area (Å²) in [4.78, 5) is 18.3. The Balaban J connectivity index is 3.22. The van der Waals surface area contributed by atoms with E-state index in [0.717, 1.165) is 17.8 Å². The Hall–Kier alpha value is 0.354. The Kier molecular flexibility index (Phi) is 5.37. The highest BCUT2D eigenvalue weighted by Crippen LogP contribution is 2.00. The Morgan fingerprint density at radius 3 is 1.56 bits per heavy atom. The third-order valence-corrected chi connectivity index (χ3v) is 6.12. The molecule has 2 radical (unpaired) electrons. The minimum Gasteiger partial charge on any atom is -0.432 e. The van der Waals surface area contributed by atoms with E-state index in [1.807, 2.05) is 13.8 Å². The molecule has 2 nitrogen and oxygen atoms in total. The van der Waals surface area contributed by atoms with Gasteiger partial charge in [-0.2, -0.15) is 0 Å². The van der Waals surface area contributed by atoms with Gasteiger partial charge in [-0.3, -0.25) is 0 Å².